The SMILES string of the molecule is COc1nc(-c2cccc(-c3cccc(-c4ccn5c(=O)c(CNC[C@H]6CCC(=O)N6)cnc5c4)c3Cl)c2C(F)(F)F)ccc1CNC[C@@H]1CCC(=O)N1. The van der Waals surface area contributed by atoms with E-state index in [4.69, 9.17) is 16.3 Å². The van der Waals surface area contributed by atoms with E-state index >= 15 is 13.2 Å². The molecule has 54 heavy (non-hydrogen) atoms. The molecule has 2 aromatic carbocycles. The molecule has 5 heterocycles. The van der Waals surface area contributed by atoms with Crippen molar-refractivity contribution in [2.75, 3.05) is 20.2 Å². The van der Waals surface area contributed by atoms with Crippen molar-refractivity contribution in [3.05, 3.63) is 105 Å². The lowest BCUT2D eigenvalue weighted by Crippen LogP contribution is -2.36. The minimum absolute atomic E-state index is 0.0119. The Bertz CT molecular complexity index is 2300. The molecule has 0 bridgehead atoms. The average Bonchev–Trinajstić information content (AvgIpc) is 3.78. The molecule has 3 aromatic heterocycles. The molecule has 0 unspecified atom stereocenters. The zero-order chi connectivity index (χ0) is 38.0. The maximum atomic E-state index is 15.1. The van der Waals surface area contributed by atoms with Crippen LogP contribution in [0.1, 0.15) is 42.4 Å². The molecule has 2 atom stereocenters. The molecule has 7 rings (SSSR count). The first-order valence-corrected chi connectivity index (χ1v) is 17.9. The first-order valence-electron chi connectivity index (χ1n) is 17.5. The van der Waals surface area contributed by atoms with Gasteiger partial charge in [0.15, 0.2) is 0 Å². The minimum atomic E-state index is -4.78. The topological polar surface area (TPSA) is 139 Å². The number of ether oxygens (including phenoxy) is 1. The van der Waals surface area contributed by atoms with Gasteiger partial charge < -0.3 is 26.0 Å². The second-order valence-electron chi connectivity index (χ2n) is 13.4. The molecule has 5 aromatic rings. The Hall–Kier alpha value is -5.31. The molecule has 15 heteroatoms. The summed E-state index contributed by atoms with van der Waals surface area (Å²) in [4.78, 5) is 45.2. The van der Waals surface area contributed by atoms with Crippen LogP contribution in [0.15, 0.2) is 77.9 Å². The van der Waals surface area contributed by atoms with E-state index in [-0.39, 0.29) is 69.3 Å². The van der Waals surface area contributed by atoms with Gasteiger partial charge in [-0.25, -0.2) is 9.97 Å². The Balaban J connectivity index is 1.16. The Morgan fingerprint density at radius 2 is 1.48 bits per heavy atom. The van der Waals surface area contributed by atoms with E-state index in [1.54, 1.807) is 36.5 Å². The summed E-state index contributed by atoms with van der Waals surface area (Å²) in [6, 6.07) is 15.7. The van der Waals surface area contributed by atoms with Crippen molar-refractivity contribution in [1.29, 1.82) is 0 Å². The third-order valence-electron chi connectivity index (χ3n) is 9.72. The maximum absolute atomic E-state index is 15.1. The Kier molecular flexibility index (Phi) is 10.7. The van der Waals surface area contributed by atoms with Crippen molar-refractivity contribution in [2.45, 2.75) is 57.0 Å². The summed E-state index contributed by atoms with van der Waals surface area (Å²) in [5.41, 5.74) is 1.27. The van der Waals surface area contributed by atoms with Gasteiger partial charge in [-0.1, -0.05) is 54.1 Å². The number of rotatable bonds is 12. The molecule has 0 aliphatic carbocycles. The molecule has 2 aliphatic heterocycles. The summed E-state index contributed by atoms with van der Waals surface area (Å²) < 4.78 is 52.0. The zero-order valence-electron chi connectivity index (χ0n) is 29.2. The number of hydrogen-bond acceptors (Lipinski definition) is 8. The van der Waals surface area contributed by atoms with Gasteiger partial charge in [-0.05, 0) is 42.2 Å². The average molecular weight is 760 g/mol. The lowest BCUT2D eigenvalue weighted by Gasteiger charge is -2.20. The number of amides is 2. The molecule has 280 valence electrons. The van der Waals surface area contributed by atoms with E-state index in [0.29, 0.717) is 60.4 Å². The van der Waals surface area contributed by atoms with Crippen molar-refractivity contribution in [2.24, 2.45) is 0 Å². The van der Waals surface area contributed by atoms with Gasteiger partial charge in [-0.15, -0.1) is 0 Å². The van der Waals surface area contributed by atoms with Crippen LogP contribution in [0, 0.1) is 0 Å². The van der Waals surface area contributed by atoms with E-state index in [1.807, 2.05) is 0 Å². The van der Waals surface area contributed by atoms with Crippen LogP contribution in [0.25, 0.3) is 39.2 Å². The summed E-state index contributed by atoms with van der Waals surface area (Å²) >= 11 is 6.94. The van der Waals surface area contributed by atoms with Crippen molar-refractivity contribution in [3.63, 3.8) is 0 Å². The van der Waals surface area contributed by atoms with Gasteiger partial charge in [0.1, 0.15) is 5.65 Å². The number of pyridine rings is 2. The fraction of sp³-hybridized carbons (Fsp3) is 0.308. The minimum Gasteiger partial charge on any atom is -0.481 e. The number of nitrogens with zero attached hydrogens (tertiary/aromatic N) is 3. The number of aromatic nitrogens is 3. The number of fused-ring (bicyclic) bond motifs is 1. The number of carbonyl (C=O) groups is 2. The summed E-state index contributed by atoms with van der Waals surface area (Å²) in [5, 5.41) is 12.3. The second-order valence-corrected chi connectivity index (χ2v) is 13.7. The Morgan fingerprint density at radius 1 is 0.852 bits per heavy atom. The highest BCUT2D eigenvalue weighted by atomic mass is 35.5. The summed E-state index contributed by atoms with van der Waals surface area (Å²) in [6.45, 7) is 1.67. The highest BCUT2D eigenvalue weighted by Gasteiger charge is 2.38. The molecule has 0 saturated carbocycles. The van der Waals surface area contributed by atoms with Gasteiger partial charge in [-0.3, -0.25) is 18.8 Å². The van der Waals surface area contributed by atoms with Gasteiger partial charge in [0.25, 0.3) is 5.56 Å². The molecular weight excluding hydrogens is 723 g/mol. The summed E-state index contributed by atoms with van der Waals surface area (Å²) in [6.07, 6.45) is 0.715. The summed E-state index contributed by atoms with van der Waals surface area (Å²) in [7, 11) is 1.41. The highest BCUT2D eigenvalue weighted by molar-refractivity contribution is 6.36. The van der Waals surface area contributed by atoms with E-state index in [9.17, 15) is 14.4 Å². The van der Waals surface area contributed by atoms with E-state index in [0.717, 1.165) is 12.8 Å². The number of halogens is 4. The fourth-order valence-corrected chi connectivity index (χ4v) is 7.35. The van der Waals surface area contributed by atoms with Crippen LogP contribution in [-0.4, -0.2) is 58.5 Å². The Morgan fingerprint density at radius 3 is 2.11 bits per heavy atom. The van der Waals surface area contributed by atoms with Crippen LogP contribution >= 0.6 is 11.6 Å². The summed E-state index contributed by atoms with van der Waals surface area (Å²) in [5.74, 6) is 0.210. The molecule has 4 N–H and O–H groups in total. The molecule has 2 amide bonds. The van der Waals surface area contributed by atoms with Crippen LogP contribution < -0.4 is 31.6 Å². The van der Waals surface area contributed by atoms with Crippen LogP contribution in [0.3, 0.4) is 0 Å². The third kappa shape index (κ3) is 7.81. The maximum Gasteiger partial charge on any atom is 0.417 e. The monoisotopic (exact) mass is 759 g/mol. The predicted molar refractivity (Wildman–Crippen MR) is 198 cm³/mol. The van der Waals surface area contributed by atoms with E-state index in [2.05, 4.69) is 31.2 Å². The number of nitrogens with one attached hydrogen (secondary N) is 4. The lowest BCUT2D eigenvalue weighted by atomic mass is 9.91. The quantitative estimate of drug-likeness (QED) is 0.131. The first kappa shape index (κ1) is 37.0. The molecule has 0 spiro atoms. The highest BCUT2D eigenvalue weighted by Crippen LogP contribution is 2.46. The van der Waals surface area contributed by atoms with Crippen molar-refractivity contribution >= 4 is 29.1 Å². The lowest BCUT2D eigenvalue weighted by molar-refractivity contribution is -0.136. The normalized spacial score (nSPS) is 17.2. The van der Waals surface area contributed by atoms with Crippen molar-refractivity contribution < 1.29 is 27.5 Å². The molecule has 2 fully saturated rings. The standard InChI is InChI=1S/C39H37ClF3N7O4/c1-54-37-23(17-44-20-25-9-12-33(51)47-25)8-11-31(49-37)30-7-3-5-28(35(30)39(41,42)43)29-6-2-4-27(36(29)40)22-14-15-50-32(16-22)46-19-24(38(50)53)18-45-21-26-10-13-34(52)48-26/h2-8,11,14-16,19,25-26,44-45H,9-10,12-13,17-18,20-21H2,1H3,(H,47,51)(H,48,52)/t25-,26+/m0/s1. The van der Waals surface area contributed by atoms with Gasteiger partial charge in [-0.2, -0.15) is 13.2 Å². The molecule has 11 nitrogen and oxygen atoms in total. The van der Waals surface area contributed by atoms with Crippen LogP contribution in [-0.2, 0) is 28.9 Å². The van der Waals surface area contributed by atoms with Crippen LogP contribution in [0.4, 0.5) is 13.2 Å². The number of carbonyl (C=O) groups excluding carboxylic acids is 2. The molecule has 0 radical (unpaired) electrons. The van der Waals surface area contributed by atoms with Gasteiger partial charge in [0, 0.05) is 91.3 Å². The zero-order valence-corrected chi connectivity index (χ0v) is 30.0. The van der Waals surface area contributed by atoms with Crippen molar-refractivity contribution in [3.8, 4) is 39.4 Å². The number of hydrogen-bond donors (Lipinski definition) is 4. The molecule has 2 saturated heterocycles. The van der Waals surface area contributed by atoms with E-state index < -0.39 is 11.7 Å². The fourth-order valence-electron chi connectivity index (χ4n) is 7.01. The van der Waals surface area contributed by atoms with Gasteiger partial charge >= 0.3 is 6.18 Å². The van der Waals surface area contributed by atoms with Crippen molar-refractivity contribution in [1.82, 2.24) is 35.6 Å². The third-order valence-corrected chi connectivity index (χ3v) is 10.1. The first-order chi connectivity index (χ1) is 26.0. The Labute approximate surface area is 313 Å². The van der Waals surface area contributed by atoms with Crippen LogP contribution in [0.5, 0.6) is 5.88 Å². The van der Waals surface area contributed by atoms with E-state index in [1.165, 1.54) is 48.0 Å². The van der Waals surface area contributed by atoms with Gasteiger partial charge in [0.05, 0.1) is 23.4 Å². The number of benzene rings is 2. The van der Waals surface area contributed by atoms with Gasteiger partial charge in [0.2, 0.25) is 17.7 Å². The van der Waals surface area contributed by atoms with Crippen LogP contribution in [0.2, 0.25) is 5.02 Å². The number of alkyl halides is 3. The smallest absolute Gasteiger partial charge is 0.417 e. The molecule has 2 aliphatic rings. The second kappa shape index (κ2) is 15.6. The predicted octanol–water partition coefficient (Wildman–Crippen LogP) is 5.51. The molecular formula is C39H37ClF3N7O4. The number of methoxy groups -OCH3 is 1. The largest absolute Gasteiger partial charge is 0.481 e.